The highest BCUT2D eigenvalue weighted by molar-refractivity contribution is 6.17. The van der Waals surface area contributed by atoms with Gasteiger partial charge < -0.3 is 0 Å². The molecular formula is C17H10N4. The number of hydrogen-bond acceptors (Lipinski definition) is 3. The van der Waals surface area contributed by atoms with Crippen molar-refractivity contribution in [2.75, 3.05) is 0 Å². The summed E-state index contributed by atoms with van der Waals surface area (Å²) in [5.41, 5.74) is 4.10. The summed E-state index contributed by atoms with van der Waals surface area (Å²) in [4.78, 5) is 13.4. The number of hydrogen-bond donors (Lipinski definition) is 0. The minimum atomic E-state index is 0.958. The lowest BCUT2D eigenvalue weighted by Crippen LogP contribution is -1.93. The fraction of sp³-hybridized carbons (Fsp3) is 0. The van der Waals surface area contributed by atoms with E-state index in [0.29, 0.717) is 0 Å². The van der Waals surface area contributed by atoms with Crippen molar-refractivity contribution in [1.29, 1.82) is 0 Å². The first-order chi connectivity index (χ1) is 10.4. The topological polar surface area (TPSA) is 43.1 Å². The monoisotopic (exact) mass is 270 g/mol. The summed E-state index contributed by atoms with van der Waals surface area (Å²) >= 11 is 0. The van der Waals surface area contributed by atoms with Gasteiger partial charge in [-0.25, -0.2) is 4.98 Å². The summed E-state index contributed by atoms with van der Waals surface area (Å²) < 4.78 is 2.11. The first kappa shape index (κ1) is 10.7. The van der Waals surface area contributed by atoms with Gasteiger partial charge in [-0.2, -0.15) is 0 Å². The fourth-order valence-electron chi connectivity index (χ4n) is 3.06. The van der Waals surface area contributed by atoms with Crippen LogP contribution in [-0.4, -0.2) is 19.4 Å². The number of para-hydroxylation sites is 1. The Morgan fingerprint density at radius 3 is 2.71 bits per heavy atom. The summed E-state index contributed by atoms with van der Waals surface area (Å²) in [6, 6.07) is 12.2. The number of benzene rings is 1. The van der Waals surface area contributed by atoms with E-state index in [1.807, 2.05) is 49.2 Å². The van der Waals surface area contributed by atoms with Crippen LogP contribution in [0.1, 0.15) is 0 Å². The lowest BCUT2D eigenvalue weighted by atomic mass is 10.1. The van der Waals surface area contributed by atoms with Crippen molar-refractivity contribution in [3.05, 3.63) is 61.3 Å². The van der Waals surface area contributed by atoms with Gasteiger partial charge in [-0.05, 0) is 12.1 Å². The molecular weight excluding hydrogens is 260 g/mol. The molecule has 4 aromatic heterocycles. The molecule has 0 aliphatic carbocycles. The summed E-state index contributed by atoms with van der Waals surface area (Å²) in [6.45, 7) is 0. The molecule has 0 saturated heterocycles. The molecule has 4 nitrogen and oxygen atoms in total. The maximum Gasteiger partial charge on any atom is 0.0998 e. The molecule has 98 valence electrons. The van der Waals surface area contributed by atoms with E-state index < -0.39 is 0 Å². The van der Waals surface area contributed by atoms with E-state index >= 15 is 0 Å². The second kappa shape index (κ2) is 3.76. The van der Waals surface area contributed by atoms with Crippen molar-refractivity contribution < 1.29 is 0 Å². The molecule has 0 bridgehead atoms. The second-order valence-corrected chi connectivity index (χ2v) is 5.09. The molecule has 0 radical (unpaired) electrons. The summed E-state index contributed by atoms with van der Waals surface area (Å²) in [5.74, 6) is 0. The highest BCUT2D eigenvalue weighted by atomic mass is 15.0. The molecule has 0 unspecified atom stereocenters. The number of aromatic nitrogens is 4. The Morgan fingerprint density at radius 1 is 0.810 bits per heavy atom. The molecule has 0 aliphatic heterocycles. The first-order valence-corrected chi connectivity index (χ1v) is 6.80. The van der Waals surface area contributed by atoms with Crippen LogP contribution in [0, 0.1) is 0 Å². The van der Waals surface area contributed by atoms with Crippen molar-refractivity contribution in [3.8, 4) is 0 Å². The van der Waals surface area contributed by atoms with Crippen LogP contribution >= 0.6 is 0 Å². The molecule has 0 saturated carbocycles. The summed E-state index contributed by atoms with van der Waals surface area (Å²) in [5, 5.41) is 3.34. The van der Waals surface area contributed by atoms with E-state index in [0.717, 1.165) is 38.2 Å². The normalized spacial score (nSPS) is 11.8. The highest BCUT2D eigenvalue weighted by Crippen LogP contribution is 2.31. The Morgan fingerprint density at radius 2 is 1.71 bits per heavy atom. The molecule has 21 heavy (non-hydrogen) atoms. The molecule has 0 atom stereocenters. The minimum absolute atomic E-state index is 0.958. The molecule has 4 heteroatoms. The number of rotatable bonds is 0. The maximum absolute atomic E-state index is 4.59. The van der Waals surface area contributed by atoms with Gasteiger partial charge in [0.15, 0.2) is 0 Å². The quantitative estimate of drug-likeness (QED) is 0.404. The van der Waals surface area contributed by atoms with Gasteiger partial charge in [0.05, 0.1) is 34.6 Å². The van der Waals surface area contributed by atoms with E-state index in [9.17, 15) is 0 Å². The molecule has 0 amide bonds. The predicted octanol–water partition coefficient (Wildman–Crippen LogP) is 3.58. The molecule has 5 aromatic rings. The number of pyridine rings is 3. The maximum atomic E-state index is 4.59. The van der Waals surface area contributed by atoms with Crippen LogP contribution in [0.4, 0.5) is 0 Å². The van der Waals surface area contributed by atoms with E-state index in [2.05, 4.69) is 31.5 Å². The molecule has 0 aliphatic rings. The van der Waals surface area contributed by atoms with Gasteiger partial charge in [0.1, 0.15) is 0 Å². The van der Waals surface area contributed by atoms with Crippen molar-refractivity contribution in [3.63, 3.8) is 0 Å². The Bertz CT molecular complexity index is 1130. The molecule has 0 fully saturated rings. The molecule has 0 spiro atoms. The van der Waals surface area contributed by atoms with E-state index in [1.165, 1.54) is 0 Å². The zero-order valence-electron chi connectivity index (χ0n) is 11.1. The Balaban J connectivity index is 2.24. The van der Waals surface area contributed by atoms with Gasteiger partial charge >= 0.3 is 0 Å². The zero-order chi connectivity index (χ0) is 13.8. The van der Waals surface area contributed by atoms with Crippen molar-refractivity contribution in [2.45, 2.75) is 0 Å². The Kier molecular flexibility index (Phi) is 1.92. The highest BCUT2D eigenvalue weighted by Gasteiger charge is 2.12. The third-order valence-electron chi connectivity index (χ3n) is 3.97. The second-order valence-electron chi connectivity index (χ2n) is 5.09. The van der Waals surface area contributed by atoms with Gasteiger partial charge in [-0.1, -0.05) is 24.3 Å². The standard InChI is InChI=1S/C17H10N4/c1-2-6-14-12(4-1)17-13(8-20-14)11-5-3-7-19-16(11)15-9-18-10-21(15)17/h1-10H. The third kappa shape index (κ3) is 1.31. The Labute approximate surface area is 119 Å². The lowest BCUT2D eigenvalue weighted by molar-refractivity contribution is 1.21. The zero-order valence-corrected chi connectivity index (χ0v) is 11.1. The number of fused-ring (bicyclic) bond motifs is 8. The third-order valence-corrected chi connectivity index (χ3v) is 3.97. The molecule has 4 heterocycles. The van der Waals surface area contributed by atoms with Crippen LogP contribution in [0.25, 0.3) is 38.2 Å². The van der Waals surface area contributed by atoms with Crippen LogP contribution in [-0.2, 0) is 0 Å². The van der Waals surface area contributed by atoms with Crippen LogP contribution < -0.4 is 0 Å². The van der Waals surface area contributed by atoms with Gasteiger partial charge in [0.25, 0.3) is 0 Å². The van der Waals surface area contributed by atoms with Gasteiger partial charge in [0.2, 0.25) is 0 Å². The van der Waals surface area contributed by atoms with E-state index in [-0.39, 0.29) is 0 Å². The van der Waals surface area contributed by atoms with Crippen LogP contribution in [0.3, 0.4) is 0 Å². The largest absolute Gasteiger partial charge is 0.296 e. The molecule has 1 aromatic carbocycles. The molecule has 5 rings (SSSR count). The summed E-state index contributed by atoms with van der Waals surface area (Å²) in [6.07, 6.45) is 7.46. The van der Waals surface area contributed by atoms with Crippen molar-refractivity contribution in [2.24, 2.45) is 0 Å². The number of imidazole rings is 1. The Hall–Kier alpha value is -3.01. The predicted molar refractivity (Wildman–Crippen MR) is 83.3 cm³/mol. The van der Waals surface area contributed by atoms with E-state index in [4.69, 9.17) is 0 Å². The average molecular weight is 270 g/mol. The number of nitrogens with zero attached hydrogens (tertiary/aromatic N) is 4. The fourth-order valence-corrected chi connectivity index (χ4v) is 3.06. The first-order valence-electron chi connectivity index (χ1n) is 6.80. The van der Waals surface area contributed by atoms with E-state index in [1.54, 1.807) is 0 Å². The van der Waals surface area contributed by atoms with Gasteiger partial charge in [-0.15, -0.1) is 0 Å². The van der Waals surface area contributed by atoms with Crippen molar-refractivity contribution in [1.82, 2.24) is 19.4 Å². The van der Waals surface area contributed by atoms with Crippen LogP contribution in [0.2, 0.25) is 0 Å². The van der Waals surface area contributed by atoms with Crippen LogP contribution in [0.5, 0.6) is 0 Å². The minimum Gasteiger partial charge on any atom is -0.296 e. The summed E-state index contributed by atoms with van der Waals surface area (Å²) in [7, 11) is 0. The van der Waals surface area contributed by atoms with Crippen LogP contribution in [0.15, 0.2) is 61.3 Å². The van der Waals surface area contributed by atoms with Crippen molar-refractivity contribution >= 4 is 38.2 Å². The average Bonchev–Trinajstić information content (AvgIpc) is 3.04. The lowest BCUT2D eigenvalue weighted by Gasteiger charge is -2.09. The smallest absolute Gasteiger partial charge is 0.0998 e. The molecule has 0 N–H and O–H groups in total. The SMILES string of the molecule is c1ccc2c(c1)ncc1c3cccnc3c3cncn3c21. The van der Waals surface area contributed by atoms with Gasteiger partial charge in [0, 0.05) is 28.6 Å². The van der Waals surface area contributed by atoms with Gasteiger partial charge in [-0.3, -0.25) is 14.4 Å².